The van der Waals surface area contributed by atoms with Crippen LogP contribution in [-0.4, -0.2) is 17.4 Å². The highest BCUT2D eigenvalue weighted by molar-refractivity contribution is 9.09. The van der Waals surface area contributed by atoms with Gasteiger partial charge >= 0.3 is 0 Å². The van der Waals surface area contributed by atoms with Crippen molar-refractivity contribution in [1.29, 1.82) is 0 Å². The van der Waals surface area contributed by atoms with Crippen LogP contribution in [0.4, 0.5) is 0 Å². The number of pyridine rings is 1. The Labute approximate surface area is 81.1 Å². The number of ether oxygens (including phenoxy) is 1. The first-order valence-electron chi connectivity index (χ1n) is 3.92. The summed E-state index contributed by atoms with van der Waals surface area (Å²) in [5.41, 5.74) is 1.09. The lowest BCUT2D eigenvalue weighted by molar-refractivity contribution is 0.396. The lowest BCUT2D eigenvalue weighted by atomic mass is 10.2. The predicted octanol–water partition coefficient (Wildman–Crippen LogP) is 2.42. The Kier molecular flexibility index (Phi) is 4.08. The topological polar surface area (TPSA) is 22.1 Å². The second kappa shape index (κ2) is 5.14. The van der Waals surface area contributed by atoms with Crippen LogP contribution in [0.1, 0.15) is 12.1 Å². The summed E-state index contributed by atoms with van der Waals surface area (Å²) in [4.78, 5) is 4.29. The van der Waals surface area contributed by atoms with E-state index in [0.29, 0.717) is 5.88 Å². The first-order chi connectivity index (χ1) is 5.86. The van der Waals surface area contributed by atoms with Crippen molar-refractivity contribution in [2.24, 2.45) is 0 Å². The van der Waals surface area contributed by atoms with E-state index >= 15 is 0 Å². The molecular weight excluding hydrogens is 218 g/mol. The maximum atomic E-state index is 5.01. The zero-order valence-electron chi connectivity index (χ0n) is 7.09. The lowest BCUT2D eigenvalue weighted by Gasteiger charge is -2.01. The number of aromatic nitrogens is 1. The van der Waals surface area contributed by atoms with E-state index in [1.165, 1.54) is 0 Å². The highest BCUT2D eigenvalue weighted by Crippen LogP contribution is 2.08. The highest BCUT2D eigenvalue weighted by Gasteiger charge is 1.95. The van der Waals surface area contributed by atoms with Crippen molar-refractivity contribution in [3.63, 3.8) is 0 Å². The third-order valence-corrected chi connectivity index (χ3v) is 2.12. The third-order valence-electron chi connectivity index (χ3n) is 1.56. The number of nitrogens with zero attached hydrogens (tertiary/aromatic N) is 1. The first-order valence-corrected chi connectivity index (χ1v) is 5.05. The second-order valence-electron chi connectivity index (χ2n) is 2.46. The molecule has 66 valence electrons. The van der Waals surface area contributed by atoms with E-state index in [0.717, 1.165) is 23.9 Å². The normalized spacial score (nSPS) is 9.83. The van der Waals surface area contributed by atoms with E-state index in [2.05, 4.69) is 20.9 Å². The Morgan fingerprint density at radius 2 is 2.33 bits per heavy atom. The Morgan fingerprint density at radius 1 is 1.50 bits per heavy atom. The molecule has 1 aromatic rings. The minimum absolute atomic E-state index is 0.696. The molecule has 0 radical (unpaired) electrons. The van der Waals surface area contributed by atoms with Crippen LogP contribution >= 0.6 is 15.9 Å². The summed E-state index contributed by atoms with van der Waals surface area (Å²) in [6, 6.07) is 5.85. The number of alkyl halides is 1. The largest absolute Gasteiger partial charge is 0.481 e. The summed E-state index contributed by atoms with van der Waals surface area (Å²) < 4.78 is 5.01. The van der Waals surface area contributed by atoms with Crippen molar-refractivity contribution >= 4 is 15.9 Å². The summed E-state index contributed by atoms with van der Waals surface area (Å²) in [6.45, 7) is 0. The molecule has 0 unspecified atom stereocenters. The van der Waals surface area contributed by atoms with Gasteiger partial charge in [-0.3, -0.25) is 0 Å². The van der Waals surface area contributed by atoms with Crippen LogP contribution in [0.15, 0.2) is 18.2 Å². The monoisotopic (exact) mass is 229 g/mol. The molecule has 0 aliphatic carbocycles. The zero-order valence-corrected chi connectivity index (χ0v) is 8.67. The molecule has 0 aliphatic heterocycles. The smallest absolute Gasteiger partial charge is 0.213 e. The minimum atomic E-state index is 0.696. The molecule has 0 aliphatic rings. The number of halogens is 1. The zero-order chi connectivity index (χ0) is 8.81. The van der Waals surface area contributed by atoms with Crippen molar-refractivity contribution in [1.82, 2.24) is 4.98 Å². The quantitative estimate of drug-likeness (QED) is 0.741. The molecule has 1 heterocycles. The van der Waals surface area contributed by atoms with Crippen LogP contribution in [0.25, 0.3) is 0 Å². The number of hydrogen-bond acceptors (Lipinski definition) is 2. The molecule has 0 fully saturated rings. The first kappa shape index (κ1) is 9.52. The van der Waals surface area contributed by atoms with Crippen LogP contribution in [0.3, 0.4) is 0 Å². The van der Waals surface area contributed by atoms with Crippen molar-refractivity contribution in [2.45, 2.75) is 12.8 Å². The van der Waals surface area contributed by atoms with E-state index in [1.54, 1.807) is 7.11 Å². The Hall–Kier alpha value is -0.570. The summed E-state index contributed by atoms with van der Waals surface area (Å²) >= 11 is 3.38. The van der Waals surface area contributed by atoms with Crippen molar-refractivity contribution in [3.8, 4) is 5.88 Å². The van der Waals surface area contributed by atoms with Crippen molar-refractivity contribution in [3.05, 3.63) is 23.9 Å². The molecule has 0 aromatic carbocycles. The maximum absolute atomic E-state index is 5.01. The van der Waals surface area contributed by atoms with Crippen LogP contribution < -0.4 is 4.74 Å². The molecule has 12 heavy (non-hydrogen) atoms. The van der Waals surface area contributed by atoms with E-state index in [-0.39, 0.29) is 0 Å². The Balaban J connectivity index is 2.60. The standard InChI is InChI=1S/C9H12BrNO/c1-12-9-6-2-4-8(11-9)5-3-7-10/h2,4,6H,3,5,7H2,1H3. The van der Waals surface area contributed by atoms with Crippen LogP contribution in [0.5, 0.6) is 5.88 Å². The highest BCUT2D eigenvalue weighted by atomic mass is 79.9. The number of rotatable bonds is 4. The van der Waals surface area contributed by atoms with Gasteiger partial charge in [0.2, 0.25) is 5.88 Å². The fourth-order valence-electron chi connectivity index (χ4n) is 0.958. The predicted molar refractivity (Wildman–Crippen MR) is 52.9 cm³/mol. The lowest BCUT2D eigenvalue weighted by Crippen LogP contribution is -1.93. The van der Waals surface area contributed by atoms with Gasteiger partial charge in [-0.2, -0.15) is 0 Å². The van der Waals surface area contributed by atoms with Crippen molar-refractivity contribution < 1.29 is 4.74 Å². The SMILES string of the molecule is COc1cccc(CCCBr)n1. The van der Waals surface area contributed by atoms with Gasteiger partial charge < -0.3 is 4.74 Å². The Morgan fingerprint density at radius 3 is 3.00 bits per heavy atom. The van der Waals surface area contributed by atoms with E-state index in [4.69, 9.17) is 4.74 Å². The molecule has 1 rings (SSSR count). The van der Waals surface area contributed by atoms with E-state index in [9.17, 15) is 0 Å². The van der Waals surface area contributed by atoms with E-state index < -0.39 is 0 Å². The second-order valence-corrected chi connectivity index (χ2v) is 3.26. The summed E-state index contributed by atoms with van der Waals surface area (Å²) in [5, 5.41) is 1.02. The van der Waals surface area contributed by atoms with Gasteiger partial charge in [0, 0.05) is 17.1 Å². The van der Waals surface area contributed by atoms with Gasteiger partial charge in [0.1, 0.15) is 0 Å². The number of methoxy groups -OCH3 is 1. The van der Waals surface area contributed by atoms with Gasteiger partial charge in [0.25, 0.3) is 0 Å². The molecule has 2 nitrogen and oxygen atoms in total. The average Bonchev–Trinajstić information content (AvgIpc) is 2.15. The van der Waals surface area contributed by atoms with Gasteiger partial charge in [-0.15, -0.1) is 0 Å². The molecule has 0 atom stereocenters. The van der Waals surface area contributed by atoms with Crippen LogP contribution in [0, 0.1) is 0 Å². The molecule has 0 amide bonds. The van der Waals surface area contributed by atoms with Gasteiger partial charge in [-0.1, -0.05) is 22.0 Å². The van der Waals surface area contributed by atoms with Crippen molar-refractivity contribution in [2.75, 3.05) is 12.4 Å². The number of aryl methyl sites for hydroxylation is 1. The summed E-state index contributed by atoms with van der Waals surface area (Å²) in [5.74, 6) is 0.696. The Bertz CT molecular complexity index is 240. The van der Waals surface area contributed by atoms with Gasteiger partial charge in [0.15, 0.2) is 0 Å². The molecule has 0 saturated heterocycles. The molecule has 3 heteroatoms. The van der Waals surface area contributed by atoms with Gasteiger partial charge in [-0.05, 0) is 18.9 Å². The minimum Gasteiger partial charge on any atom is -0.481 e. The maximum Gasteiger partial charge on any atom is 0.213 e. The molecule has 0 saturated carbocycles. The third kappa shape index (κ3) is 2.81. The molecular formula is C9H12BrNO. The fraction of sp³-hybridized carbons (Fsp3) is 0.444. The van der Waals surface area contributed by atoms with Gasteiger partial charge in [-0.25, -0.2) is 4.98 Å². The van der Waals surface area contributed by atoms with Crippen LogP contribution in [0.2, 0.25) is 0 Å². The fourth-order valence-corrected chi connectivity index (χ4v) is 1.24. The van der Waals surface area contributed by atoms with Crippen LogP contribution in [-0.2, 0) is 6.42 Å². The molecule has 0 N–H and O–H groups in total. The van der Waals surface area contributed by atoms with Gasteiger partial charge in [0.05, 0.1) is 7.11 Å². The van der Waals surface area contributed by atoms with E-state index in [1.807, 2.05) is 18.2 Å². The summed E-state index contributed by atoms with van der Waals surface area (Å²) in [6.07, 6.45) is 2.11. The molecule has 0 bridgehead atoms. The summed E-state index contributed by atoms with van der Waals surface area (Å²) in [7, 11) is 1.64. The average molecular weight is 230 g/mol. The molecule has 0 spiro atoms. The number of hydrogen-bond donors (Lipinski definition) is 0. The molecule has 1 aromatic heterocycles.